The van der Waals surface area contributed by atoms with Crippen molar-refractivity contribution in [2.45, 2.75) is 46.3 Å². The molecule has 0 aromatic heterocycles. The Balaban J connectivity index is 2.50. The Morgan fingerprint density at radius 2 is 2.06 bits per heavy atom. The molecule has 0 saturated carbocycles. The van der Waals surface area contributed by atoms with Gasteiger partial charge in [-0.2, -0.15) is 0 Å². The zero-order chi connectivity index (χ0) is 12.8. The lowest BCUT2D eigenvalue weighted by Gasteiger charge is -2.19. The molecule has 0 saturated heterocycles. The number of nitrogens with one attached hydrogen (secondary N) is 1. The molecule has 2 unspecified atom stereocenters. The first-order chi connectivity index (χ1) is 8.02. The Labute approximate surface area is 103 Å². The van der Waals surface area contributed by atoms with Crippen LogP contribution in [0, 0.1) is 12.7 Å². The molecule has 96 valence electrons. The summed E-state index contributed by atoms with van der Waals surface area (Å²) in [6, 6.07) is 5.41. The Kier molecular flexibility index (Phi) is 5.42. The summed E-state index contributed by atoms with van der Waals surface area (Å²) in [5.74, 6) is 0.388. The molecule has 1 N–H and O–H groups in total. The van der Waals surface area contributed by atoms with E-state index in [1.807, 2.05) is 13.0 Å². The van der Waals surface area contributed by atoms with Gasteiger partial charge in [0.2, 0.25) is 0 Å². The number of aryl methyl sites for hydroxylation is 1. The zero-order valence-electron chi connectivity index (χ0n) is 11.1. The minimum absolute atomic E-state index is 0.0751. The molecule has 0 spiro atoms. The second-order valence-corrected chi connectivity index (χ2v) is 4.53. The summed E-state index contributed by atoms with van der Waals surface area (Å²) in [7, 11) is 0. The fraction of sp³-hybridized carbons (Fsp3) is 0.571. The van der Waals surface area contributed by atoms with Crippen molar-refractivity contribution in [3.63, 3.8) is 0 Å². The van der Waals surface area contributed by atoms with E-state index < -0.39 is 0 Å². The third-order valence-electron chi connectivity index (χ3n) is 2.72. The van der Waals surface area contributed by atoms with Crippen LogP contribution in [0.3, 0.4) is 0 Å². The van der Waals surface area contributed by atoms with E-state index in [4.69, 9.17) is 4.74 Å². The molecule has 0 aliphatic rings. The quantitative estimate of drug-likeness (QED) is 0.822. The van der Waals surface area contributed by atoms with Crippen LogP contribution in [0.2, 0.25) is 0 Å². The summed E-state index contributed by atoms with van der Waals surface area (Å²) in [6.45, 7) is 8.91. The highest BCUT2D eigenvalue weighted by atomic mass is 19.1. The predicted octanol–water partition coefficient (Wildman–Crippen LogP) is 3.29. The standard InChI is InChI=1S/C14H22FNO/c1-5-16-11(3)8-12(4)17-13-7-6-10(2)14(15)9-13/h6-7,9,11-12,16H,5,8H2,1-4H3. The molecule has 0 heterocycles. The maximum absolute atomic E-state index is 13.3. The molecule has 3 heteroatoms. The van der Waals surface area contributed by atoms with Gasteiger partial charge in [-0.3, -0.25) is 0 Å². The summed E-state index contributed by atoms with van der Waals surface area (Å²) >= 11 is 0. The number of hydrogen-bond donors (Lipinski definition) is 1. The first kappa shape index (κ1) is 14.0. The van der Waals surface area contributed by atoms with Crippen molar-refractivity contribution in [3.8, 4) is 5.75 Å². The van der Waals surface area contributed by atoms with Crippen LogP contribution in [0.15, 0.2) is 18.2 Å². The number of rotatable bonds is 6. The van der Waals surface area contributed by atoms with Gasteiger partial charge in [-0.1, -0.05) is 13.0 Å². The van der Waals surface area contributed by atoms with Crippen LogP contribution in [-0.4, -0.2) is 18.7 Å². The van der Waals surface area contributed by atoms with Crippen molar-refractivity contribution in [2.75, 3.05) is 6.54 Å². The van der Waals surface area contributed by atoms with E-state index in [1.54, 1.807) is 13.0 Å². The maximum Gasteiger partial charge on any atom is 0.129 e. The van der Waals surface area contributed by atoms with E-state index in [2.05, 4.69) is 19.2 Å². The van der Waals surface area contributed by atoms with Crippen molar-refractivity contribution in [3.05, 3.63) is 29.6 Å². The molecular formula is C14H22FNO. The number of hydrogen-bond acceptors (Lipinski definition) is 2. The van der Waals surface area contributed by atoms with Crippen molar-refractivity contribution in [1.82, 2.24) is 5.32 Å². The number of benzene rings is 1. The Morgan fingerprint density at radius 1 is 1.35 bits per heavy atom. The maximum atomic E-state index is 13.3. The summed E-state index contributed by atoms with van der Waals surface area (Å²) in [4.78, 5) is 0. The Bertz CT molecular complexity index is 354. The Hall–Kier alpha value is -1.09. The van der Waals surface area contributed by atoms with E-state index in [0.29, 0.717) is 17.4 Å². The normalized spacial score (nSPS) is 14.4. The smallest absolute Gasteiger partial charge is 0.129 e. The third kappa shape index (κ3) is 4.73. The van der Waals surface area contributed by atoms with Gasteiger partial charge in [0.15, 0.2) is 0 Å². The van der Waals surface area contributed by atoms with Gasteiger partial charge in [0.05, 0.1) is 6.10 Å². The van der Waals surface area contributed by atoms with Crippen molar-refractivity contribution >= 4 is 0 Å². The predicted molar refractivity (Wildman–Crippen MR) is 69.0 cm³/mol. The van der Waals surface area contributed by atoms with Crippen molar-refractivity contribution in [1.29, 1.82) is 0 Å². The highest BCUT2D eigenvalue weighted by molar-refractivity contribution is 5.28. The summed E-state index contributed by atoms with van der Waals surface area (Å²) < 4.78 is 19.0. The van der Waals surface area contributed by atoms with E-state index in [0.717, 1.165) is 13.0 Å². The monoisotopic (exact) mass is 239 g/mol. The highest BCUT2D eigenvalue weighted by Gasteiger charge is 2.10. The van der Waals surface area contributed by atoms with Gasteiger partial charge in [0.25, 0.3) is 0 Å². The first-order valence-corrected chi connectivity index (χ1v) is 6.19. The van der Waals surface area contributed by atoms with Crippen molar-refractivity contribution < 1.29 is 9.13 Å². The number of ether oxygens (including phenoxy) is 1. The molecule has 1 aromatic rings. The van der Waals surface area contributed by atoms with Gasteiger partial charge in [-0.15, -0.1) is 0 Å². The molecule has 0 aliphatic heterocycles. The first-order valence-electron chi connectivity index (χ1n) is 6.19. The fourth-order valence-corrected chi connectivity index (χ4v) is 1.86. The van der Waals surface area contributed by atoms with Crippen LogP contribution in [0.5, 0.6) is 5.75 Å². The van der Waals surface area contributed by atoms with Gasteiger partial charge >= 0.3 is 0 Å². The molecular weight excluding hydrogens is 217 g/mol. The lowest BCUT2D eigenvalue weighted by Crippen LogP contribution is -2.30. The molecule has 0 amide bonds. The van der Waals surface area contributed by atoms with Gasteiger partial charge in [-0.25, -0.2) is 4.39 Å². The Morgan fingerprint density at radius 3 is 2.65 bits per heavy atom. The van der Waals surface area contributed by atoms with Crippen LogP contribution in [-0.2, 0) is 0 Å². The minimum Gasteiger partial charge on any atom is -0.491 e. The van der Waals surface area contributed by atoms with Gasteiger partial charge in [-0.05, 0) is 45.4 Å². The third-order valence-corrected chi connectivity index (χ3v) is 2.72. The molecule has 1 rings (SSSR count). The van der Waals surface area contributed by atoms with Crippen molar-refractivity contribution in [2.24, 2.45) is 0 Å². The van der Waals surface area contributed by atoms with Gasteiger partial charge in [0, 0.05) is 12.1 Å². The van der Waals surface area contributed by atoms with Crippen LogP contribution >= 0.6 is 0 Å². The second kappa shape index (κ2) is 6.60. The molecule has 0 bridgehead atoms. The molecule has 2 atom stereocenters. The van der Waals surface area contributed by atoms with Crippen LogP contribution in [0.1, 0.15) is 32.8 Å². The fourth-order valence-electron chi connectivity index (χ4n) is 1.86. The van der Waals surface area contributed by atoms with Gasteiger partial charge < -0.3 is 10.1 Å². The van der Waals surface area contributed by atoms with E-state index in [-0.39, 0.29) is 11.9 Å². The lowest BCUT2D eigenvalue weighted by atomic mass is 10.1. The average Bonchev–Trinajstić information content (AvgIpc) is 2.23. The van der Waals surface area contributed by atoms with Gasteiger partial charge in [0.1, 0.15) is 11.6 Å². The van der Waals surface area contributed by atoms with Crippen LogP contribution < -0.4 is 10.1 Å². The molecule has 1 aromatic carbocycles. The molecule has 0 radical (unpaired) electrons. The highest BCUT2D eigenvalue weighted by Crippen LogP contribution is 2.18. The molecule has 2 nitrogen and oxygen atoms in total. The summed E-state index contributed by atoms with van der Waals surface area (Å²) in [6.07, 6.45) is 0.981. The second-order valence-electron chi connectivity index (χ2n) is 4.53. The van der Waals surface area contributed by atoms with E-state index in [9.17, 15) is 4.39 Å². The molecule has 17 heavy (non-hydrogen) atoms. The number of halogens is 1. The average molecular weight is 239 g/mol. The van der Waals surface area contributed by atoms with E-state index >= 15 is 0 Å². The van der Waals surface area contributed by atoms with Crippen LogP contribution in [0.4, 0.5) is 4.39 Å². The summed E-state index contributed by atoms with van der Waals surface area (Å²) in [5.41, 5.74) is 0.644. The summed E-state index contributed by atoms with van der Waals surface area (Å²) in [5, 5.41) is 3.33. The largest absolute Gasteiger partial charge is 0.491 e. The van der Waals surface area contributed by atoms with E-state index in [1.165, 1.54) is 6.07 Å². The topological polar surface area (TPSA) is 21.3 Å². The lowest BCUT2D eigenvalue weighted by molar-refractivity contribution is 0.195. The SMILES string of the molecule is CCNC(C)CC(C)Oc1ccc(C)c(F)c1. The molecule has 0 fully saturated rings. The zero-order valence-corrected chi connectivity index (χ0v) is 11.1. The molecule has 0 aliphatic carbocycles. The minimum atomic E-state index is -0.213. The van der Waals surface area contributed by atoms with Crippen LogP contribution in [0.25, 0.3) is 0 Å².